The average Bonchev–Trinajstić information content (AvgIpc) is 3.37. The van der Waals surface area contributed by atoms with Gasteiger partial charge in [0.2, 0.25) is 0 Å². The molecule has 1 N–H and O–H groups in total. The van der Waals surface area contributed by atoms with Crippen LogP contribution in [0.15, 0.2) is 24.3 Å². The number of piperidine rings is 1. The number of halogens is 1. The second-order valence-corrected chi connectivity index (χ2v) is 6.90. The predicted molar refractivity (Wildman–Crippen MR) is 98.5 cm³/mol. The lowest BCUT2D eigenvalue weighted by Crippen LogP contribution is -2.42. The SMILES string of the molecule is CCCOc1cccc(CN2CCC(NCC3CC3)CC2)c1.Cl. The van der Waals surface area contributed by atoms with Crippen molar-refractivity contribution < 1.29 is 4.74 Å². The zero-order valence-electron chi connectivity index (χ0n) is 14.3. The predicted octanol–water partition coefficient (Wildman–Crippen LogP) is 3.86. The lowest BCUT2D eigenvalue weighted by molar-refractivity contribution is 0.190. The fourth-order valence-corrected chi connectivity index (χ4v) is 3.16. The van der Waals surface area contributed by atoms with Crippen LogP contribution < -0.4 is 10.1 Å². The molecule has 1 heterocycles. The van der Waals surface area contributed by atoms with Crippen LogP contribution in [-0.2, 0) is 6.54 Å². The summed E-state index contributed by atoms with van der Waals surface area (Å²) in [7, 11) is 0. The summed E-state index contributed by atoms with van der Waals surface area (Å²) in [5, 5.41) is 3.75. The van der Waals surface area contributed by atoms with E-state index in [2.05, 4.69) is 41.4 Å². The maximum absolute atomic E-state index is 5.73. The van der Waals surface area contributed by atoms with E-state index in [0.29, 0.717) is 0 Å². The minimum Gasteiger partial charge on any atom is -0.494 e. The lowest BCUT2D eigenvalue weighted by atomic mass is 10.0. The molecular weight excluding hydrogens is 308 g/mol. The van der Waals surface area contributed by atoms with Crippen LogP contribution in [0, 0.1) is 5.92 Å². The van der Waals surface area contributed by atoms with Crippen molar-refractivity contribution in [3.63, 3.8) is 0 Å². The van der Waals surface area contributed by atoms with Crippen molar-refractivity contribution in [1.82, 2.24) is 10.2 Å². The number of rotatable bonds is 8. The highest BCUT2D eigenvalue weighted by Gasteiger charge is 2.24. The number of benzene rings is 1. The molecule has 4 heteroatoms. The summed E-state index contributed by atoms with van der Waals surface area (Å²) >= 11 is 0. The van der Waals surface area contributed by atoms with Crippen LogP contribution in [0.1, 0.15) is 44.6 Å². The molecule has 1 saturated heterocycles. The first-order valence-corrected chi connectivity index (χ1v) is 9.01. The highest BCUT2D eigenvalue weighted by Crippen LogP contribution is 2.28. The van der Waals surface area contributed by atoms with Crippen molar-refractivity contribution in [3.05, 3.63) is 29.8 Å². The van der Waals surface area contributed by atoms with E-state index in [1.807, 2.05) is 0 Å². The summed E-state index contributed by atoms with van der Waals surface area (Å²) in [6.45, 7) is 7.68. The quantitative estimate of drug-likeness (QED) is 0.779. The van der Waals surface area contributed by atoms with Crippen LogP contribution in [0.5, 0.6) is 5.75 Å². The summed E-state index contributed by atoms with van der Waals surface area (Å²) in [4.78, 5) is 2.58. The van der Waals surface area contributed by atoms with E-state index in [9.17, 15) is 0 Å². The number of nitrogens with zero attached hydrogens (tertiary/aromatic N) is 1. The lowest BCUT2D eigenvalue weighted by Gasteiger charge is -2.32. The van der Waals surface area contributed by atoms with E-state index in [1.165, 1.54) is 50.9 Å². The highest BCUT2D eigenvalue weighted by atomic mass is 35.5. The molecule has 1 saturated carbocycles. The number of nitrogens with one attached hydrogen (secondary N) is 1. The Morgan fingerprint density at radius 1 is 1.17 bits per heavy atom. The van der Waals surface area contributed by atoms with Gasteiger partial charge < -0.3 is 10.1 Å². The average molecular weight is 339 g/mol. The van der Waals surface area contributed by atoms with E-state index < -0.39 is 0 Å². The van der Waals surface area contributed by atoms with Gasteiger partial charge in [-0.1, -0.05) is 19.1 Å². The van der Waals surface area contributed by atoms with Gasteiger partial charge >= 0.3 is 0 Å². The summed E-state index contributed by atoms with van der Waals surface area (Å²) in [6.07, 6.45) is 6.54. The molecule has 0 spiro atoms. The van der Waals surface area contributed by atoms with Crippen LogP contribution in [0.25, 0.3) is 0 Å². The van der Waals surface area contributed by atoms with Crippen LogP contribution >= 0.6 is 12.4 Å². The Morgan fingerprint density at radius 2 is 1.96 bits per heavy atom. The molecular formula is C19H31ClN2O. The minimum absolute atomic E-state index is 0. The van der Waals surface area contributed by atoms with Crippen LogP contribution in [0.4, 0.5) is 0 Å². The van der Waals surface area contributed by atoms with Gasteiger partial charge in [-0.2, -0.15) is 0 Å². The molecule has 0 bridgehead atoms. The van der Waals surface area contributed by atoms with Crippen molar-refractivity contribution in [3.8, 4) is 5.75 Å². The van der Waals surface area contributed by atoms with E-state index in [1.54, 1.807) is 0 Å². The third-order valence-corrected chi connectivity index (χ3v) is 4.76. The molecule has 1 aromatic carbocycles. The molecule has 23 heavy (non-hydrogen) atoms. The summed E-state index contributed by atoms with van der Waals surface area (Å²) in [5.41, 5.74) is 1.37. The van der Waals surface area contributed by atoms with E-state index in [0.717, 1.165) is 37.3 Å². The molecule has 0 unspecified atom stereocenters. The van der Waals surface area contributed by atoms with Crippen molar-refractivity contribution >= 4 is 12.4 Å². The van der Waals surface area contributed by atoms with Crippen molar-refractivity contribution in [2.75, 3.05) is 26.2 Å². The number of likely N-dealkylation sites (tertiary alicyclic amines) is 1. The van der Waals surface area contributed by atoms with E-state index >= 15 is 0 Å². The van der Waals surface area contributed by atoms with Crippen molar-refractivity contribution in [1.29, 1.82) is 0 Å². The Bertz CT molecular complexity index is 456. The fraction of sp³-hybridized carbons (Fsp3) is 0.684. The summed E-state index contributed by atoms with van der Waals surface area (Å²) < 4.78 is 5.73. The van der Waals surface area contributed by atoms with Crippen LogP contribution in [0.3, 0.4) is 0 Å². The topological polar surface area (TPSA) is 24.5 Å². The standard InChI is InChI=1S/C19H30N2O.ClH/c1-2-12-22-19-5-3-4-17(13-19)15-21-10-8-18(9-11-21)20-14-16-6-7-16;/h3-5,13,16,18,20H,2,6-12,14-15H2,1H3;1H. The summed E-state index contributed by atoms with van der Waals surface area (Å²) in [5.74, 6) is 2.00. The molecule has 3 rings (SSSR count). The molecule has 1 aliphatic heterocycles. The highest BCUT2D eigenvalue weighted by molar-refractivity contribution is 5.85. The maximum Gasteiger partial charge on any atom is 0.119 e. The van der Waals surface area contributed by atoms with Crippen molar-refractivity contribution in [2.45, 2.75) is 51.6 Å². The Kier molecular flexibility index (Phi) is 7.68. The van der Waals surface area contributed by atoms with Gasteiger partial charge in [-0.15, -0.1) is 12.4 Å². The first kappa shape index (κ1) is 18.6. The molecule has 1 aliphatic carbocycles. The van der Waals surface area contributed by atoms with Gasteiger partial charge in [0.25, 0.3) is 0 Å². The fourth-order valence-electron chi connectivity index (χ4n) is 3.16. The van der Waals surface area contributed by atoms with Gasteiger partial charge in [0.05, 0.1) is 6.61 Å². The molecule has 2 aliphatic rings. The Balaban J connectivity index is 0.00000192. The number of hydrogen-bond donors (Lipinski definition) is 1. The van der Waals surface area contributed by atoms with E-state index in [4.69, 9.17) is 4.74 Å². The number of ether oxygens (including phenoxy) is 1. The van der Waals surface area contributed by atoms with Crippen molar-refractivity contribution in [2.24, 2.45) is 5.92 Å². The third kappa shape index (κ3) is 6.33. The molecule has 3 nitrogen and oxygen atoms in total. The number of hydrogen-bond acceptors (Lipinski definition) is 3. The zero-order valence-corrected chi connectivity index (χ0v) is 15.1. The second-order valence-electron chi connectivity index (χ2n) is 6.90. The first-order valence-electron chi connectivity index (χ1n) is 9.01. The Labute approximate surface area is 147 Å². The largest absolute Gasteiger partial charge is 0.494 e. The zero-order chi connectivity index (χ0) is 15.2. The molecule has 1 aromatic rings. The normalized spacial score (nSPS) is 19.3. The minimum atomic E-state index is 0. The van der Waals surface area contributed by atoms with Gasteiger partial charge in [0.15, 0.2) is 0 Å². The molecule has 0 aromatic heterocycles. The van der Waals surface area contributed by atoms with Gasteiger partial charge in [-0.25, -0.2) is 0 Å². The maximum atomic E-state index is 5.73. The Morgan fingerprint density at radius 3 is 2.65 bits per heavy atom. The molecule has 0 amide bonds. The van der Waals surface area contributed by atoms with Crippen LogP contribution in [0.2, 0.25) is 0 Å². The third-order valence-electron chi connectivity index (χ3n) is 4.76. The molecule has 0 atom stereocenters. The van der Waals surface area contributed by atoms with E-state index in [-0.39, 0.29) is 12.4 Å². The summed E-state index contributed by atoms with van der Waals surface area (Å²) in [6, 6.07) is 9.34. The molecule has 0 radical (unpaired) electrons. The smallest absolute Gasteiger partial charge is 0.119 e. The Hall–Kier alpha value is -0.770. The van der Waals surface area contributed by atoms with Gasteiger partial charge in [0.1, 0.15) is 5.75 Å². The molecule has 2 fully saturated rings. The van der Waals surface area contributed by atoms with Crippen LogP contribution in [-0.4, -0.2) is 37.2 Å². The van der Waals surface area contributed by atoms with Gasteiger partial charge in [-0.05, 0) is 75.4 Å². The first-order chi connectivity index (χ1) is 10.8. The monoisotopic (exact) mass is 338 g/mol. The van der Waals surface area contributed by atoms with Gasteiger partial charge in [0, 0.05) is 12.6 Å². The molecule has 130 valence electrons. The van der Waals surface area contributed by atoms with Gasteiger partial charge in [-0.3, -0.25) is 4.90 Å². The second kappa shape index (κ2) is 9.51.